The second-order valence-corrected chi connectivity index (χ2v) is 5.09. The Bertz CT molecular complexity index is 572. The molecule has 0 aliphatic heterocycles. The van der Waals surface area contributed by atoms with Gasteiger partial charge in [0.2, 0.25) is 0 Å². The van der Waals surface area contributed by atoms with Gasteiger partial charge in [0.25, 0.3) is 0 Å². The molecule has 21 heavy (non-hydrogen) atoms. The number of nitrogens with zero attached hydrogens (tertiary/aromatic N) is 2. The summed E-state index contributed by atoms with van der Waals surface area (Å²) in [6, 6.07) is 9.89. The lowest BCUT2D eigenvalue weighted by Gasteiger charge is -2.27. The zero-order valence-electron chi connectivity index (χ0n) is 12.8. The summed E-state index contributed by atoms with van der Waals surface area (Å²) < 4.78 is 5.16. The summed E-state index contributed by atoms with van der Waals surface area (Å²) in [4.78, 5) is 6.41. The minimum Gasteiger partial charge on any atom is -0.504 e. The highest BCUT2D eigenvalue weighted by molar-refractivity contribution is 5.45. The molecule has 4 nitrogen and oxygen atoms in total. The first-order valence-electron chi connectivity index (χ1n) is 7.12. The molecule has 1 heterocycles. The molecule has 0 saturated heterocycles. The average Bonchev–Trinajstić information content (AvgIpc) is 2.51. The minimum atomic E-state index is 0.216. The smallest absolute Gasteiger partial charge is 0.162 e. The van der Waals surface area contributed by atoms with Gasteiger partial charge in [0.1, 0.15) is 0 Å². The zero-order chi connectivity index (χ0) is 15.2. The van der Waals surface area contributed by atoms with Gasteiger partial charge in [-0.25, -0.2) is 0 Å². The number of phenolic OH excluding ortho intramolecular Hbond substituents is 1. The maximum atomic E-state index is 10.2. The van der Waals surface area contributed by atoms with Crippen molar-refractivity contribution in [2.45, 2.75) is 25.9 Å². The summed E-state index contributed by atoms with van der Waals surface area (Å²) in [5, 5.41) is 10.2. The summed E-state index contributed by atoms with van der Waals surface area (Å²) >= 11 is 0. The van der Waals surface area contributed by atoms with Gasteiger partial charge in [-0.3, -0.25) is 9.88 Å². The van der Waals surface area contributed by atoms with Crippen LogP contribution in [0.4, 0.5) is 0 Å². The first kappa shape index (κ1) is 15.3. The third-order valence-corrected chi connectivity index (χ3v) is 3.71. The van der Waals surface area contributed by atoms with Crippen molar-refractivity contribution in [1.29, 1.82) is 0 Å². The summed E-state index contributed by atoms with van der Waals surface area (Å²) in [7, 11) is 3.62. The molecule has 0 aliphatic rings. The fourth-order valence-electron chi connectivity index (χ4n) is 2.61. The van der Waals surface area contributed by atoms with Crippen LogP contribution in [-0.4, -0.2) is 29.1 Å². The van der Waals surface area contributed by atoms with Crippen molar-refractivity contribution in [2.75, 3.05) is 14.2 Å². The first-order chi connectivity index (χ1) is 10.2. The summed E-state index contributed by atoms with van der Waals surface area (Å²) in [6.45, 7) is 2.80. The molecule has 2 aromatic rings. The van der Waals surface area contributed by atoms with E-state index in [1.165, 1.54) is 5.56 Å². The van der Waals surface area contributed by atoms with Gasteiger partial charge in [-0.1, -0.05) is 25.1 Å². The van der Waals surface area contributed by atoms with Gasteiger partial charge in [-0.05, 0) is 31.2 Å². The number of rotatable bonds is 6. The second kappa shape index (κ2) is 7.09. The van der Waals surface area contributed by atoms with Gasteiger partial charge >= 0.3 is 0 Å². The Balaban J connectivity index is 2.18. The van der Waals surface area contributed by atoms with Crippen molar-refractivity contribution in [3.63, 3.8) is 0 Å². The number of aromatic hydroxyl groups is 1. The van der Waals surface area contributed by atoms with Crippen molar-refractivity contribution in [3.8, 4) is 11.5 Å². The van der Waals surface area contributed by atoms with E-state index < -0.39 is 0 Å². The van der Waals surface area contributed by atoms with Crippen LogP contribution in [0, 0.1) is 0 Å². The van der Waals surface area contributed by atoms with Crippen LogP contribution < -0.4 is 4.74 Å². The molecule has 0 spiro atoms. The number of benzene rings is 1. The van der Waals surface area contributed by atoms with Crippen molar-refractivity contribution in [3.05, 3.63) is 53.9 Å². The third kappa shape index (κ3) is 3.52. The fourth-order valence-corrected chi connectivity index (χ4v) is 2.61. The van der Waals surface area contributed by atoms with E-state index in [1.54, 1.807) is 19.4 Å². The van der Waals surface area contributed by atoms with E-state index in [4.69, 9.17) is 4.74 Å². The van der Waals surface area contributed by atoms with Crippen LogP contribution >= 0.6 is 0 Å². The topological polar surface area (TPSA) is 45.6 Å². The molecular weight excluding hydrogens is 264 g/mol. The molecule has 0 amide bonds. The Hall–Kier alpha value is -2.07. The Morgan fingerprint density at radius 3 is 2.71 bits per heavy atom. The Labute approximate surface area is 126 Å². The highest BCUT2D eigenvalue weighted by Gasteiger charge is 2.17. The van der Waals surface area contributed by atoms with Gasteiger partial charge in [0.05, 0.1) is 7.11 Å². The van der Waals surface area contributed by atoms with Crippen LogP contribution in [0.15, 0.2) is 42.7 Å². The van der Waals surface area contributed by atoms with Crippen molar-refractivity contribution in [1.82, 2.24) is 9.88 Å². The Morgan fingerprint density at radius 1 is 1.29 bits per heavy atom. The normalized spacial score (nSPS) is 12.4. The zero-order valence-corrected chi connectivity index (χ0v) is 12.8. The summed E-state index contributed by atoms with van der Waals surface area (Å²) in [5.74, 6) is 0.725. The number of phenols is 1. The molecule has 1 aromatic carbocycles. The molecule has 0 bridgehead atoms. The second-order valence-electron chi connectivity index (χ2n) is 5.09. The number of pyridine rings is 1. The highest BCUT2D eigenvalue weighted by Crippen LogP contribution is 2.32. The molecule has 0 radical (unpaired) electrons. The molecule has 0 saturated carbocycles. The Kier molecular flexibility index (Phi) is 5.17. The molecule has 1 aromatic heterocycles. The van der Waals surface area contributed by atoms with Gasteiger partial charge in [-0.15, -0.1) is 0 Å². The number of aromatic nitrogens is 1. The van der Waals surface area contributed by atoms with Crippen molar-refractivity contribution >= 4 is 0 Å². The number of ether oxygens (including phenoxy) is 1. The maximum Gasteiger partial charge on any atom is 0.162 e. The largest absolute Gasteiger partial charge is 0.504 e. The molecule has 0 unspecified atom stereocenters. The molecule has 1 atom stereocenters. The lowest BCUT2D eigenvalue weighted by Crippen LogP contribution is -2.24. The predicted octanol–water partition coefficient (Wildman–Crippen LogP) is 3.38. The van der Waals surface area contributed by atoms with E-state index in [1.807, 2.05) is 24.4 Å². The SMILES string of the molecule is CC[C@H](c1cccnc1)N(C)Cc1cccc(OC)c1O. The lowest BCUT2D eigenvalue weighted by atomic mass is 10.0. The molecule has 0 fully saturated rings. The third-order valence-electron chi connectivity index (χ3n) is 3.71. The number of hydrogen-bond donors (Lipinski definition) is 1. The van der Waals surface area contributed by atoms with E-state index in [2.05, 4.69) is 29.9 Å². The lowest BCUT2D eigenvalue weighted by molar-refractivity contribution is 0.226. The first-order valence-corrected chi connectivity index (χ1v) is 7.12. The molecule has 0 aliphatic carbocycles. The van der Waals surface area contributed by atoms with E-state index in [-0.39, 0.29) is 11.8 Å². The minimum absolute atomic E-state index is 0.216. The van der Waals surface area contributed by atoms with E-state index in [0.29, 0.717) is 12.3 Å². The molecule has 2 rings (SSSR count). The molecule has 112 valence electrons. The summed E-state index contributed by atoms with van der Waals surface area (Å²) in [6.07, 6.45) is 4.66. The van der Waals surface area contributed by atoms with Crippen LogP contribution in [0.5, 0.6) is 11.5 Å². The van der Waals surface area contributed by atoms with Gasteiger partial charge in [0, 0.05) is 30.5 Å². The number of hydrogen-bond acceptors (Lipinski definition) is 4. The van der Waals surface area contributed by atoms with Crippen molar-refractivity contribution in [2.24, 2.45) is 0 Å². The highest BCUT2D eigenvalue weighted by atomic mass is 16.5. The monoisotopic (exact) mass is 286 g/mol. The standard InChI is InChI=1S/C17H22N2O2/c1-4-15(13-8-6-10-18-11-13)19(2)12-14-7-5-9-16(21-3)17(14)20/h5-11,15,20H,4,12H2,1-3H3/t15-/m1/s1. The van der Waals surface area contributed by atoms with E-state index >= 15 is 0 Å². The fraction of sp³-hybridized carbons (Fsp3) is 0.353. The molecular formula is C17H22N2O2. The van der Waals surface area contributed by atoms with Crippen LogP contribution in [0.3, 0.4) is 0 Å². The van der Waals surface area contributed by atoms with Gasteiger partial charge in [0.15, 0.2) is 11.5 Å². The Morgan fingerprint density at radius 2 is 2.10 bits per heavy atom. The summed E-state index contributed by atoms with van der Waals surface area (Å²) in [5.41, 5.74) is 2.05. The molecule has 4 heteroatoms. The van der Waals surface area contributed by atoms with Crippen LogP contribution in [0.25, 0.3) is 0 Å². The molecule has 1 N–H and O–H groups in total. The van der Waals surface area contributed by atoms with Gasteiger partial charge in [-0.2, -0.15) is 0 Å². The number of methoxy groups -OCH3 is 1. The quantitative estimate of drug-likeness (QED) is 0.884. The van der Waals surface area contributed by atoms with E-state index in [9.17, 15) is 5.11 Å². The maximum absolute atomic E-state index is 10.2. The number of para-hydroxylation sites is 1. The van der Waals surface area contributed by atoms with Crippen LogP contribution in [0.1, 0.15) is 30.5 Å². The van der Waals surface area contributed by atoms with Crippen molar-refractivity contribution < 1.29 is 9.84 Å². The van der Waals surface area contributed by atoms with Crippen LogP contribution in [-0.2, 0) is 6.54 Å². The average molecular weight is 286 g/mol. The predicted molar refractivity (Wildman–Crippen MR) is 83.4 cm³/mol. The van der Waals surface area contributed by atoms with E-state index in [0.717, 1.165) is 12.0 Å². The van der Waals surface area contributed by atoms with Crippen LogP contribution in [0.2, 0.25) is 0 Å². The van der Waals surface area contributed by atoms with Gasteiger partial charge < -0.3 is 9.84 Å².